The molecule has 104 valence electrons. The molecule has 0 aliphatic carbocycles. The Labute approximate surface area is 118 Å². The zero-order chi connectivity index (χ0) is 14.4. The topological polar surface area (TPSA) is 58.6 Å². The summed E-state index contributed by atoms with van der Waals surface area (Å²) in [6, 6.07) is 14.8. The van der Waals surface area contributed by atoms with E-state index in [0.29, 0.717) is 12.4 Å². The number of anilines is 1. The van der Waals surface area contributed by atoms with Gasteiger partial charge >= 0.3 is 0 Å². The van der Waals surface area contributed by atoms with E-state index in [9.17, 15) is 4.79 Å². The third kappa shape index (κ3) is 4.10. The van der Waals surface area contributed by atoms with Crippen molar-refractivity contribution in [1.82, 2.24) is 0 Å². The van der Waals surface area contributed by atoms with E-state index in [-0.39, 0.29) is 12.5 Å². The van der Waals surface area contributed by atoms with Crippen LogP contribution in [0.15, 0.2) is 48.5 Å². The van der Waals surface area contributed by atoms with Gasteiger partial charge in [-0.15, -0.1) is 0 Å². The van der Waals surface area contributed by atoms with Crippen LogP contribution in [0, 0.1) is 0 Å². The number of carbonyl (C=O) groups excluding carboxylic acids is 1. The molecule has 20 heavy (non-hydrogen) atoms. The van der Waals surface area contributed by atoms with E-state index in [1.807, 2.05) is 42.5 Å². The number of ether oxygens (including phenoxy) is 1. The molecule has 0 radical (unpaired) electrons. The highest BCUT2D eigenvalue weighted by atomic mass is 16.5. The highest BCUT2D eigenvalue weighted by molar-refractivity contribution is 5.88. The van der Waals surface area contributed by atoms with Crippen LogP contribution in [-0.2, 0) is 18.0 Å². The maximum Gasteiger partial charge on any atom is 0.221 e. The molecule has 0 heterocycles. The minimum absolute atomic E-state index is 0.00475. The molecule has 0 saturated heterocycles. The van der Waals surface area contributed by atoms with Gasteiger partial charge in [0.1, 0.15) is 12.4 Å². The smallest absolute Gasteiger partial charge is 0.221 e. The lowest BCUT2D eigenvalue weighted by Crippen LogP contribution is -2.06. The van der Waals surface area contributed by atoms with Gasteiger partial charge in [0.2, 0.25) is 5.91 Å². The predicted octanol–water partition coefficient (Wildman–Crippen LogP) is 2.72. The number of carbonyl (C=O) groups is 1. The van der Waals surface area contributed by atoms with Crippen molar-refractivity contribution in [2.24, 2.45) is 0 Å². The SMILES string of the molecule is CC(=O)Nc1cccc(COc2cccc(CO)c2)c1. The standard InChI is InChI=1S/C16H17NO3/c1-12(19)17-15-6-2-5-14(8-15)11-20-16-7-3-4-13(9-16)10-18/h2-9,18H,10-11H2,1H3,(H,17,19). The summed E-state index contributed by atoms with van der Waals surface area (Å²) < 4.78 is 5.67. The molecule has 0 aromatic heterocycles. The molecular weight excluding hydrogens is 254 g/mol. The van der Waals surface area contributed by atoms with Crippen LogP contribution in [0.4, 0.5) is 5.69 Å². The lowest BCUT2D eigenvalue weighted by Gasteiger charge is -2.09. The summed E-state index contributed by atoms with van der Waals surface area (Å²) in [5, 5.41) is 11.8. The van der Waals surface area contributed by atoms with Gasteiger partial charge in [-0.3, -0.25) is 4.79 Å². The average Bonchev–Trinajstić information content (AvgIpc) is 2.45. The fourth-order valence-corrected chi connectivity index (χ4v) is 1.84. The molecule has 0 spiro atoms. The van der Waals surface area contributed by atoms with Crippen LogP contribution in [0.5, 0.6) is 5.75 Å². The second-order valence-electron chi connectivity index (χ2n) is 4.48. The van der Waals surface area contributed by atoms with Gasteiger partial charge in [0, 0.05) is 12.6 Å². The van der Waals surface area contributed by atoms with E-state index in [0.717, 1.165) is 16.8 Å². The van der Waals surface area contributed by atoms with E-state index < -0.39 is 0 Å². The highest BCUT2D eigenvalue weighted by Gasteiger charge is 2.00. The summed E-state index contributed by atoms with van der Waals surface area (Å²) in [5.74, 6) is 0.611. The minimum atomic E-state index is -0.0984. The normalized spacial score (nSPS) is 10.1. The van der Waals surface area contributed by atoms with Crippen molar-refractivity contribution in [3.05, 3.63) is 59.7 Å². The van der Waals surface area contributed by atoms with Crippen LogP contribution in [0.25, 0.3) is 0 Å². The van der Waals surface area contributed by atoms with Crippen molar-refractivity contribution in [2.75, 3.05) is 5.32 Å². The number of benzene rings is 2. The van der Waals surface area contributed by atoms with Gasteiger partial charge in [0.25, 0.3) is 0 Å². The zero-order valence-electron chi connectivity index (χ0n) is 11.3. The Bertz CT molecular complexity index is 596. The summed E-state index contributed by atoms with van der Waals surface area (Å²) in [6.07, 6.45) is 0. The molecule has 2 aromatic carbocycles. The van der Waals surface area contributed by atoms with Crippen molar-refractivity contribution in [3.63, 3.8) is 0 Å². The summed E-state index contributed by atoms with van der Waals surface area (Å²) in [7, 11) is 0. The molecule has 2 rings (SSSR count). The molecule has 0 bridgehead atoms. The molecule has 4 nitrogen and oxygen atoms in total. The molecule has 2 N–H and O–H groups in total. The van der Waals surface area contributed by atoms with E-state index in [4.69, 9.17) is 9.84 Å². The molecule has 2 aromatic rings. The summed E-state index contributed by atoms with van der Waals surface area (Å²) >= 11 is 0. The Kier molecular flexibility index (Phi) is 4.74. The van der Waals surface area contributed by atoms with Gasteiger partial charge < -0.3 is 15.2 Å². The first-order valence-corrected chi connectivity index (χ1v) is 6.36. The van der Waals surface area contributed by atoms with Crippen molar-refractivity contribution in [1.29, 1.82) is 0 Å². The molecule has 0 aliphatic rings. The minimum Gasteiger partial charge on any atom is -0.489 e. The van der Waals surface area contributed by atoms with E-state index in [1.165, 1.54) is 6.92 Å². The molecule has 0 unspecified atom stereocenters. The van der Waals surface area contributed by atoms with Crippen LogP contribution < -0.4 is 10.1 Å². The van der Waals surface area contributed by atoms with Gasteiger partial charge in [0.05, 0.1) is 6.61 Å². The first-order valence-electron chi connectivity index (χ1n) is 6.36. The molecular formula is C16H17NO3. The van der Waals surface area contributed by atoms with E-state index in [2.05, 4.69) is 5.32 Å². The maximum atomic E-state index is 11.0. The van der Waals surface area contributed by atoms with Gasteiger partial charge in [0.15, 0.2) is 0 Å². The molecule has 0 aliphatic heterocycles. The van der Waals surface area contributed by atoms with Crippen LogP contribution >= 0.6 is 0 Å². The van der Waals surface area contributed by atoms with Crippen molar-refractivity contribution < 1.29 is 14.6 Å². The summed E-state index contributed by atoms with van der Waals surface area (Å²) in [6.45, 7) is 1.88. The number of aliphatic hydroxyl groups is 1. The van der Waals surface area contributed by atoms with Crippen molar-refractivity contribution in [3.8, 4) is 5.75 Å². The number of nitrogens with one attached hydrogen (secondary N) is 1. The molecule has 0 fully saturated rings. The van der Waals surface area contributed by atoms with Crippen LogP contribution in [0.3, 0.4) is 0 Å². The van der Waals surface area contributed by atoms with E-state index in [1.54, 1.807) is 6.07 Å². The number of amides is 1. The molecule has 0 atom stereocenters. The first-order chi connectivity index (χ1) is 9.67. The average molecular weight is 271 g/mol. The molecule has 4 heteroatoms. The second-order valence-corrected chi connectivity index (χ2v) is 4.48. The fraction of sp³-hybridized carbons (Fsp3) is 0.188. The quantitative estimate of drug-likeness (QED) is 0.879. The fourth-order valence-electron chi connectivity index (χ4n) is 1.84. The Morgan fingerprint density at radius 2 is 1.90 bits per heavy atom. The summed E-state index contributed by atoms with van der Waals surface area (Å²) in [4.78, 5) is 11.0. The monoisotopic (exact) mass is 271 g/mol. The third-order valence-electron chi connectivity index (χ3n) is 2.73. The number of hydrogen-bond acceptors (Lipinski definition) is 3. The lowest BCUT2D eigenvalue weighted by molar-refractivity contribution is -0.114. The Morgan fingerprint density at radius 3 is 2.65 bits per heavy atom. The van der Waals surface area contributed by atoms with Crippen LogP contribution in [-0.4, -0.2) is 11.0 Å². The maximum absolute atomic E-state index is 11.0. The van der Waals surface area contributed by atoms with Crippen molar-refractivity contribution >= 4 is 11.6 Å². The first kappa shape index (κ1) is 14.1. The number of hydrogen-bond donors (Lipinski definition) is 2. The lowest BCUT2D eigenvalue weighted by atomic mass is 10.2. The Hall–Kier alpha value is -2.33. The molecule has 1 amide bonds. The summed E-state index contributed by atoms with van der Waals surface area (Å²) in [5.41, 5.74) is 2.53. The van der Waals surface area contributed by atoms with Crippen LogP contribution in [0.2, 0.25) is 0 Å². The number of rotatable bonds is 5. The highest BCUT2D eigenvalue weighted by Crippen LogP contribution is 2.17. The zero-order valence-corrected chi connectivity index (χ0v) is 11.3. The van der Waals surface area contributed by atoms with Crippen molar-refractivity contribution in [2.45, 2.75) is 20.1 Å². The number of aliphatic hydroxyl groups excluding tert-OH is 1. The second kappa shape index (κ2) is 6.73. The predicted molar refractivity (Wildman–Crippen MR) is 77.4 cm³/mol. The van der Waals surface area contributed by atoms with Gasteiger partial charge in [-0.1, -0.05) is 24.3 Å². The van der Waals surface area contributed by atoms with E-state index >= 15 is 0 Å². The molecule has 0 saturated carbocycles. The largest absolute Gasteiger partial charge is 0.489 e. The van der Waals surface area contributed by atoms with Gasteiger partial charge in [-0.25, -0.2) is 0 Å². The Morgan fingerprint density at radius 1 is 1.15 bits per heavy atom. The third-order valence-corrected chi connectivity index (χ3v) is 2.73. The van der Waals surface area contributed by atoms with Crippen LogP contribution in [0.1, 0.15) is 18.1 Å². The Balaban J connectivity index is 2.01. The van der Waals surface area contributed by atoms with Gasteiger partial charge in [-0.05, 0) is 35.4 Å². The van der Waals surface area contributed by atoms with Gasteiger partial charge in [-0.2, -0.15) is 0 Å².